The fraction of sp³-hybridized carbons (Fsp3) is 0.400. The Bertz CT molecular complexity index is 1360. The van der Waals surface area contributed by atoms with E-state index in [2.05, 4.69) is 28.3 Å². The molecule has 2 atom stereocenters. The third-order valence-corrected chi connectivity index (χ3v) is 8.12. The van der Waals surface area contributed by atoms with Gasteiger partial charge in [0.25, 0.3) is 0 Å². The van der Waals surface area contributed by atoms with E-state index in [0.717, 1.165) is 33.4 Å². The van der Waals surface area contributed by atoms with Gasteiger partial charge >= 0.3 is 6.09 Å². The van der Waals surface area contributed by atoms with Gasteiger partial charge < -0.3 is 15.0 Å². The summed E-state index contributed by atoms with van der Waals surface area (Å²) < 4.78 is 21.5. The number of benzene rings is 1. The van der Waals surface area contributed by atoms with E-state index < -0.39 is 5.60 Å². The van der Waals surface area contributed by atoms with Crippen LogP contribution >= 0.6 is 22.7 Å². The second kappa shape index (κ2) is 8.78. The normalized spacial score (nSPS) is 19.0. The summed E-state index contributed by atoms with van der Waals surface area (Å²) in [6.07, 6.45) is 3.38. The van der Waals surface area contributed by atoms with E-state index in [9.17, 15) is 9.18 Å². The number of thiophene rings is 1. The summed E-state index contributed by atoms with van der Waals surface area (Å²) in [5.41, 5.74) is 2.70. The van der Waals surface area contributed by atoms with Gasteiger partial charge in [0, 0.05) is 35.0 Å². The zero-order valence-electron chi connectivity index (χ0n) is 19.6. The molecule has 1 saturated heterocycles. The first-order valence-corrected chi connectivity index (χ1v) is 13.1. The first kappa shape index (κ1) is 23.0. The first-order chi connectivity index (χ1) is 16.2. The lowest BCUT2D eigenvalue weighted by Gasteiger charge is -2.39. The van der Waals surface area contributed by atoms with Gasteiger partial charge in [-0.3, -0.25) is 0 Å². The predicted molar refractivity (Wildman–Crippen MR) is 137 cm³/mol. The van der Waals surface area contributed by atoms with Crippen molar-refractivity contribution in [3.05, 3.63) is 46.7 Å². The standard InChI is InChI=1S/C25H27FN4O2S2/c1-14-15(6-5-11-30(14)24(31)32-25(2,3)4)20-12-16-17(9-10-27-23(16)34-20)29-18-7-8-19-22(21(18)26)28-13-33-19/h7-10,12-15H,5-6,11H2,1-4H3,(H,27,29)/t14-,15?/m0/s1. The van der Waals surface area contributed by atoms with Crippen LogP contribution in [-0.4, -0.2) is 39.1 Å². The zero-order valence-corrected chi connectivity index (χ0v) is 21.2. The van der Waals surface area contributed by atoms with Crippen LogP contribution in [0.15, 0.2) is 36.0 Å². The summed E-state index contributed by atoms with van der Waals surface area (Å²) in [5.74, 6) is -0.163. The maximum absolute atomic E-state index is 15.0. The molecule has 0 radical (unpaired) electrons. The molecule has 1 fully saturated rings. The van der Waals surface area contributed by atoms with Gasteiger partial charge in [-0.15, -0.1) is 22.7 Å². The van der Waals surface area contributed by atoms with E-state index in [1.165, 1.54) is 16.2 Å². The van der Waals surface area contributed by atoms with E-state index >= 15 is 0 Å². The number of carbonyl (C=O) groups excluding carboxylic acids is 1. The molecule has 4 aromatic rings. The number of pyridine rings is 1. The summed E-state index contributed by atoms with van der Waals surface area (Å²) in [5, 5.41) is 4.20. The molecule has 1 amide bonds. The van der Waals surface area contributed by atoms with Gasteiger partial charge in [-0.25, -0.2) is 19.2 Å². The Morgan fingerprint density at radius 3 is 2.85 bits per heavy atom. The third kappa shape index (κ3) is 4.34. The lowest BCUT2D eigenvalue weighted by Crippen LogP contribution is -2.47. The summed E-state index contributed by atoms with van der Waals surface area (Å²) in [6.45, 7) is 8.44. The molecular formula is C25H27FN4O2S2. The van der Waals surface area contributed by atoms with Gasteiger partial charge in [-0.2, -0.15) is 0 Å². The van der Waals surface area contributed by atoms with Crippen molar-refractivity contribution in [3.8, 4) is 0 Å². The third-order valence-electron chi connectivity index (χ3n) is 6.15. The molecule has 6 nitrogen and oxygen atoms in total. The number of aromatic nitrogens is 2. The van der Waals surface area contributed by atoms with Crippen LogP contribution in [0, 0.1) is 5.82 Å². The van der Waals surface area contributed by atoms with Crippen LogP contribution in [0.2, 0.25) is 0 Å². The molecular weight excluding hydrogens is 471 g/mol. The molecule has 0 bridgehead atoms. The molecule has 34 heavy (non-hydrogen) atoms. The maximum atomic E-state index is 15.0. The molecule has 0 saturated carbocycles. The van der Waals surface area contributed by atoms with Crippen LogP contribution < -0.4 is 5.32 Å². The number of piperidine rings is 1. The summed E-state index contributed by atoms with van der Waals surface area (Å²) in [6, 6.07) is 7.63. The summed E-state index contributed by atoms with van der Waals surface area (Å²) in [7, 11) is 0. The van der Waals surface area contributed by atoms with Crippen LogP contribution in [0.5, 0.6) is 0 Å². The highest BCUT2D eigenvalue weighted by molar-refractivity contribution is 7.18. The minimum Gasteiger partial charge on any atom is -0.444 e. The summed E-state index contributed by atoms with van der Waals surface area (Å²) >= 11 is 3.05. The maximum Gasteiger partial charge on any atom is 0.410 e. The molecule has 5 rings (SSSR count). The van der Waals surface area contributed by atoms with Gasteiger partial charge in [0.1, 0.15) is 15.9 Å². The monoisotopic (exact) mass is 498 g/mol. The van der Waals surface area contributed by atoms with Crippen molar-refractivity contribution in [2.24, 2.45) is 0 Å². The first-order valence-electron chi connectivity index (χ1n) is 11.4. The highest BCUT2D eigenvalue weighted by Crippen LogP contribution is 2.41. The van der Waals surface area contributed by atoms with Crippen LogP contribution in [0.25, 0.3) is 20.4 Å². The van der Waals surface area contributed by atoms with Crippen LogP contribution in [0.4, 0.5) is 20.6 Å². The number of likely N-dealkylation sites (tertiary alicyclic amines) is 1. The van der Waals surface area contributed by atoms with Gasteiger partial charge in [-0.05, 0) is 64.8 Å². The Balaban J connectivity index is 1.44. The Morgan fingerprint density at radius 2 is 2.06 bits per heavy atom. The average molecular weight is 499 g/mol. The quantitative estimate of drug-likeness (QED) is 0.321. The zero-order chi connectivity index (χ0) is 24.0. The molecule has 9 heteroatoms. The molecule has 1 aliphatic heterocycles. The Morgan fingerprint density at radius 1 is 1.24 bits per heavy atom. The molecule has 1 aliphatic rings. The fourth-order valence-corrected chi connectivity index (χ4v) is 6.42. The highest BCUT2D eigenvalue weighted by Gasteiger charge is 2.35. The number of anilines is 2. The summed E-state index contributed by atoms with van der Waals surface area (Å²) in [4.78, 5) is 25.4. The number of halogens is 1. The van der Waals surface area contributed by atoms with Crippen LogP contribution in [0.3, 0.4) is 0 Å². The SMILES string of the molecule is C[C@H]1C(c2cc3c(Nc4ccc5scnc5c4F)ccnc3s2)CCCN1C(=O)OC(C)(C)C. The minimum atomic E-state index is -0.525. The number of hydrogen-bond acceptors (Lipinski definition) is 7. The van der Waals surface area contributed by atoms with E-state index in [-0.39, 0.29) is 23.9 Å². The minimum absolute atomic E-state index is 0.0117. The van der Waals surface area contributed by atoms with Gasteiger partial charge in [0.2, 0.25) is 0 Å². The molecule has 178 valence electrons. The number of carbonyl (C=O) groups is 1. The van der Waals surface area contributed by atoms with Gasteiger partial charge in [0.15, 0.2) is 5.82 Å². The van der Waals surface area contributed by atoms with Crippen molar-refractivity contribution in [1.82, 2.24) is 14.9 Å². The Kier molecular flexibility index (Phi) is 5.93. The largest absolute Gasteiger partial charge is 0.444 e. The lowest BCUT2D eigenvalue weighted by molar-refractivity contribution is 0.00911. The number of ether oxygens (including phenoxy) is 1. The molecule has 0 spiro atoms. The highest BCUT2D eigenvalue weighted by atomic mass is 32.1. The molecule has 3 aromatic heterocycles. The number of nitrogens with one attached hydrogen (secondary N) is 1. The number of rotatable bonds is 3. The van der Waals surface area contributed by atoms with Crippen LogP contribution in [-0.2, 0) is 4.74 Å². The van der Waals surface area contributed by atoms with Crippen molar-refractivity contribution in [2.45, 2.75) is 58.1 Å². The molecule has 1 N–H and O–H groups in total. The second-order valence-corrected chi connectivity index (χ2v) is 11.6. The van der Waals surface area contributed by atoms with E-state index in [4.69, 9.17) is 4.74 Å². The van der Waals surface area contributed by atoms with Crippen molar-refractivity contribution < 1.29 is 13.9 Å². The van der Waals surface area contributed by atoms with E-state index in [0.29, 0.717) is 17.7 Å². The number of nitrogens with zero attached hydrogens (tertiary/aromatic N) is 3. The number of amides is 1. The smallest absolute Gasteiger partial charge is 0.410 e. The van der Waals surface area contributed by atoms with Gasteiger partial charge in [0.05, 0.1) is 21.6 Å². The van der Waals surface area contributed by atoms with Crippen molar-refractivity contribution >= 4 is 60.6 Å². The fourth-order valence-electron chi connectivity index (χ4n) is 4.49. The average Bonchev–Trinajstić information content (AvgIpc) is 3.42. The Hall–Kier alpha value is -2.78. The van der Waals surface area contributed by atoms with Crippen LogP contribution in [0.1, 0.15) is 51.3 Å². The number of fused-ring (bicyclic) bond motifs is 2. The topological polar surface area (TPSA) is 67.4 Å². The van der Waals surface area contributed by atoms with Crippen molar-refractivity contribution in [1.29, 1.82) is 0 Å². The number of thiazole rings is 1. The number of hydrogen-bond donors (Lipinski definition) is 1. The molecule has 1 aromatic carbocycles. The second-order valence-electron chi connectivity index (χ2n) is 9.64. The van der Waals surface area contributed by atoms with Gasteiger partial charge in [-0.1, -0.05) is 0 Å². The Labute approximate surface area is 205 Å². The van der Waals surface area contributed by atoms with Crippen molar-refractivity contribution in [2.75, 3.05) is 11.9 Å². The predicted octanol–water partition coefficient (Wildman–Crippen LogP) is 7.29. The molecule has 4 heterocycles. The van der Waals surface area contributed by atoms with E-state index in [1.54, 1.807) is 29.1 Å². The lowest BCUT2D eigenvalue weighted by atomic mass is 9.89. The molecule has 1 unspecified atom stereocenters. The van der Waals surface area contributed by atoms with E-state index in [1.807, 2.05) is 37.8 Å². The molecule has 0 aliphatic carbocycles. The van der Waals surface area contributed by atoms with Crippen molar-refractivity contribution in [3.63, 3.8) is 0 Å².